The van der Waals surface area contributed by atoms with E-state index in [1.807, 2.05) is 48.5 Å². The Morgan fingerprint density at radius 1 is 0.633 bits per heavy atom. The van der Waals surface area contributed by atoms with E-state index in [0.717, 1.165) is 28.7 Å². The van der Waals surface area contributed by atoms with Crippen molar-refractivity contribution >= 4 is 85.9 Å². The summed E-state index contributed by atoms with van der Waals surface area (Å²) in [5.74, 6) is 2.38. The van der Waals surface area contributed by atoms with Gasteiger partial charge in [0.25, 0.3) is 0 Å². The molecule has 4 aromatic rings. The predicted octanol–water partition coefficient (Wildman–Crippen LogP) is 8.64. The van der Waals surface area contributed by atoms with E-state index >= 15 is 0 Å². The van der Waals surface area contributed by atoms with Crippen molar-refractivity contribution in [2.24, 2.45) is 0 Å². The van der Waals surface area contributed by atoms with Crippen LogP contribution in [0.5, 0.6) is 23.0 Å². The second-order valence-corrected chi connectivity index (χ2v) is 9.61. The van der Waals surface area contributed by atoms with Gasteiger partial charge in [-0.2, -0.15) is 0 Å². The van der Waals surface area contributed by atoms with Crippen LogP contribution in [0, 0.1) is 0 Å². The SMILES string of the molecule is Nc1ccccc1Oc1cc(Br)c2c(Br)c(Br)c(Oc3ccccc3N)c(Br)c2c1. The molecule has 30 heavy (non-hydrogen) atoms. The molecule has 152 valence electrons. The molecule has 0 unspecified atom stereocenters. The van der Waals surface area contributed by atoms with Crippen LogP contribution in [-0.4, -0.2) is 0 Å². The third kappa shape index (κ3) is 4.06. The van der Waals surface area contributed by atoms with Gasteiger partial charge >= 0.3 is 0 Å². The van der Waals surface area contributed by atoms with E-state index in [9.17, 15) is 0 Å². The van der Waals surface area contributed by atoms with Crippen LogP contribution in [0.2, 0.25) is 0 Å². The molecule has 0 bridgehead atoms. The molecule has 4 N–H and O–H groups in total. The number of nitrogen functional groups attached to an aromatic ring is 2. The van der Waals surface area contributed by atoms with Crippen LogP contribution < -0.4 is 20.9 Å². The predicted molar refractivity (Wildman–Crippen MR) is 137 cm³/mol. The van der Waals surface area contributed by atoms with Crippen molar-refractivity contribution < 1.29 is 9.47 Å². The molecule has 8 heteroatoms. The van der Waals surface area contributed by atoms with E-state index in [4.69, 9.17) is 20.9 Å². The summed E-state index contributed by atoms with van der Waals surface area (Å²) in [5, 5.41) is 1.84. The zero-order chi connectivity index (χ0) is 21.4. The second kappa shape index (κ2) is 8.78. The molecular weight excluding hydrogens is 644 g/mol. The first-order valence-corrected chi connectivity index (χ1v) is 11.9. The zero-order valence-corrected chi connectivity index (χ0v) is 21.6. The van der Waals surface area contributed by atoms with Gasteiger partial charge in [-0.15, -0.1) is 0 Å². The summed E-state index contributed by atoms with van der Waals surface area (Å²) in [5.41, 5.74) is 13.2. The average Bonchev–Trinajstić information content (AvgIpc) is 2.72. The number of para-hydroxylation sites is 4. The molecular formula is C22H14Br4N2O2. The molecule has 0 saturated heterocycles. The molecule has 0 atom stereocenters. The average molecular weight is 658 g/mol. The Bertz CT molecular complexity index is 1280. The van der Waals surface area contributed by atoms with Gasteiger partial charge in [-0.3, -0.25) is 0 Å². The van der Waals surface area contributed by atoms with Gasteiger partial charge in [0.1, 0.15) is 17.2 Å². The maximum Gasteiger partial charge on any atom is 0.157 e. The lowest BCUT2D eigenvalue weighted by atomic mass is 10.1. The molecule has 0 saturated carbocycles. The molecule has 0 spiro atoms. The quantitative estimate of drug-likeness (QED) is 0.170. The molecule has 0 heterocycles. The third-order valence-electron chi connectivity index (χ3n) is 4.39. The number of rotatable bonds is 4. The lowest BCUT2D eigenvalue weighted by Crippen LogP contribution is -1.95. The minimum Gasteiger partial charge on any atom is -0.455 e. The van der Waals surface area contributed by atoms with Crippen molar-refractivity contribution in [3.63, 3.8) is 0 Å². The molecule has 4 aromatic carbocycles. The van der Waals surface area contributed by atoms with Gasteiger partial charge in [-0.1, -0.05) is 24.3 Å². The number of ether oxygens (including phenoxy) is 2. The number of hydrogen-bond donors (Lipinski definition) is 2. The van der Waals surface area contributed by atoms with E-state index in [2.05, 4.69) is 63.7 Å². The van der Waals surface area contributed by atoms with Gasteiger partial charge in [-0.05, 0) is 100 Å². The van der Waals surface area contributed by atoms with Crippen LogP contribution in [0.3, 0.4) is 0 Å². The molecule has 0 aromatic heterocycles. The number of nitrogens with two attached hydrogens (primary N) is 2. The van der Waals surface area contributed by atoms with Crippen molar-refractivity contribution in [1.29, 1.82) is 0 Å². The van der Waals surface area contributed by atoms with Crippen LogP contribution >= 0.6 is 63.7 Å². The summed E-state index contributed by atoms with van der Waals surface area (Å²) in [7, 11) is 0. The molecule has 0 fully saturated rings. The van der Waals surface area contributed by atoms with Gasteiger partial charge in [-0.25, -0.2) is 0 Å². The normalized spacial score (nSPS) is 10.9. The maximum atomic E-state index is 6.15. The first kappa shape index (κ1) is 21.5. The van der Waals surface area contributed by atoms with E-state index in [-0.39, 0.29) is 0 Å². The van der Waals surface area contributed by atoms with Crippen molar-refractivity contribution in [2.45, 2.75) is 0 Å². The van der Waals surface area contributed by atoms with E-state index in [1.54, 1.807) is 12.1 Å². The number of halogens is 4. The first-order valence-electron chi connectivity index (χ1n) is 8.71. The molecule has 0 amide bonds. The highest BCUT2D eigenvalue weighted by Gasteiger charge is 2.21. The first-order chi connectivity index (χ1) is 14.4. The smallest absolute Gasteiger partial charge is 0.157 e. The summed E-state index contributed by atoms with van der Waals surface area (Å²) in [6, 6.07) is 18.5. The van der Waals surface area contributed by atoms with Gasteiger partial charge in [0.05, 0.1) is 20.3 Å². The fraction of sp³-hybridized carbons (Fsp3) is 0. The molecule has 0 aliphatic carbocycles. The Labute approximate surface area is 207 Å². The number of anilines is 2. The van der Waals surface area contributed by atoms with E-state index in [0.29, 0.717) is 34.4 Å². The third-order valence-corrected chi connectivity index (χ3v) is 7.88. The minimum atomic E-state index is 0.547. The molecule has 4 rings (SSSR count). The van der Waals surface area contributed by atoms with Crippen LogP contribution in [-0.2, 0) is 0 Å². The summed E-state index contributed by atoms with van der Waals surface area (Å²) >= 11 is 14.7. The Kier molecular flexibility index (Phi) is 6.29. The molecule has 4 nitrogen and oxygen atoms in total. The van der Waals surface area contributed by atoms with Gasteiger partial charge in [0.15, 0.2) is 5.75 Å². The van der Waals surface area contributed by atoms with E-state index < -0.39 is 0 Å². The summed E-state index contributed by atoms with van der Waals surface area (Å²) < 4.78 is 15.4. The lowest BCUT2D eigenvalue weighted by molar-refractivity contribution is 0.479. The largest absolute Gasteiger partial charge is 0.455 e. The van der Waals surface area contributed by atoms with Crippen molar-refractivity contribution in [3.05, 3.63) is 78.6 Å². The molecule has 0 aliphatic rings. The van der Waals surface area contributed by atoms with E-state index in [1.165, 1.54) is 0 Å². The van der Waals surface area contributed by atoms with Gasteiger partial charge in [0, 0.05) is 19.7 Å². The topological polar surface area (TPSA) is 70.5 Å². The van der Waals surface area contributed by atoms with Crippen LogP contribution in [0.25, 0.3) is 10.8 Å². The van der Waals surface area contributed by atoms with Crippen molar-refractivity contribution in [2.75, 3.05) is 11.5 Å². The molecule has 0 radical (unpaired) electrons. The van der Waals surface area contributed by atoms with Crippen LogP contribution in [0.15, 0.2) is 78.6 Å². The zero-order valence-electron chi connectivity index (χ0n) is 15.3. The number of hydrogen-bond acceptors (Lipinski definition) is 4. The van der Waals surface area contributed by atoms with Crippen LogP contribution in [0.4, 0.5) is 11.4 Å². The fourth-order valence-corrected chi connectivity index (χ4v) is 5.78. The Morgan fingerprint density at radius 2 is 1.20 bits per heavy atom. The second-order valence-electron chi connectivity index (χ2n) is 6.38. The Balaban J connectivity index is 1.87. The fourth-order valence-electron chi connectivity index (χ4n) is 2.94. The minimum absolute atomic E-state index is 0.547. The highest BCUT2D eigenvalue weighted by molar-refractivity contribution is 9.13. The van der Waals surface area contributed by atoms with Crippen molar-refractivity contribution in [1.82, 2.24) is 0 Å². The Hall–Kier alpha value is -1.74. The standard InChI is InChI=1S/C22H14Br4N2O2/c23-13-10-11(29-16-7-3-1-5-14(16)27)9-12-18(13)20(25)21(26)22(19(12)24)30-17-8-4-2-6-15(17)28/h1-10H,27-28H2. The Morgan fingerprint density at radius 3 is 1.80 bits per heavy atom. The highest BCUT2D eigenvalue weighted by atomic mass is 79.9. The monoisotopic (exact) mass is 654 g/mol. The highest BCUT2D eigenvalue weighted by Crippen LogP contribution is 2.50. The molecule has 0 aliphatic heterocycles. The van der Waals surface area contributed by atoms with Gasteiger partial charge < -0.3 is 20.9 Å². The maximum absolute atomic E-state index is 6.15. The summed E-state index contributed by atoms with van der Waals surface area (Å²) in [6.07, 6.45) is 0. The summed E-state index contributed by atoms with van der Waals surface area (Å²) in [6.45, 7) is 0. The van der Waals surface area contributed by atoms with Crippen molar-refractivity contribution in [3.8, 4) is 23.0 Å². The van der Waals surface area contributed by atoms with Crippen LogP contribution in [0.1, 0.15) is 0 Å². The lowest BCUT2D eigenvalue weighted by Gasteiger charge is -2.17. The summed E-state index contributed by atoms with van der Waals surface area (Å²) in [4.78, 5) is 0. The number of benzene rings is 4. The number of fused-ring (bicyclic) bond motifs is 1. The van der Waals surface area contributed by atoms with Gasteiger partial charge in [0.2, 0.25) is 0 Å².